The third kappa shape index (κ3) is 2.78. The first-order valence-corrected chi connectivity index (χ1v) is 7.69. The van der Waals surface area contributed by atoms with E-state index in [1.807, 2.05) is 30.3 Å². The smallest absolute Gasteiger partial charge is 0.207 e. The van der Waals surface area contributed by atoms with E-state index in [0.29, 0.717) is 16.0 Å². The maximum atomic E-state index is 10.8. The quantitative estimate of drug-likeness (QED) is 0.816. The molecular formula is C17H15Cl2NO. The van der Waals surface area contributed by atoms with Crippen LogP contribution in [-0.4, -0.2) is 6.41 Å². The second-order valence-corrected chi connectivity index (χ2v) is 6.08. The van der Waals surface area contributed by atoms with E-state index in [1.54, 1.807) is 0 Å². The first-order valence-electron chi connectivity index (χ1n) is 6.94. The van der Waals surface area contributed by atoms with E-state index >= 15 is 0 Å². The minimum atomic E-state index is 0.0951. The molecule has 1 unspecified atom stereocenters. The van der Waals surface area contributed by atoms with E-state index in [2.05, 4.69) is 17.4 Å². The number of rotatable bonds is 3. The molecule has 2 nitrogen and oxygen atoms in total. The minimum absolute atomic E-state index is 0.0951. The van der Waals surface area contributed by atoms with Crippen LogP contribution >= 0.6 is 23.2 Å². The average molecular weight is 320 g/mol. The van der Waals surface area contributed by atoms with Gasteiger partial charge in [-0.05, 0) is 41.7 Å². The third-order valence-electron chi connectivity index (χ3n) is 4.11. The summed E-state index contributed by atoms with van der Waals surface area (Å²) in [6.45, 7) is 0. The van der Waals surface area contributed by atoms with Gasteiger partial charge in [0.1, 0.15) is 0 Å². The molecule has 0 fully saturated rings. The van der Waals surface area contributed by atoms with Gasteiger partial charge in [0.2, 0.25) is 6.41 Å². The molecule has 0 radical (unpaired) electrons. The Morgan fingerprint density at radius 1 is 1.00 bits per heavy atom. The molecule has 0 aliphatic heterocycles. The fourth-order valence-corrected chi connectivity index (χ4v) is 3.43. The van der Waals surface area contributed by atoms with E-state index in [9.17, 15) is 4.79 Å². The molecule has 4 heteroatoms. The van der Waals surface area contributed by atoms with Crippen molar-refractivity contribution in [2.75, 3.05) is 0 Å². The summed E-state index contributed by atoms with van der Waals surface area (Å²) in [5.74, 6) is 0.292. The van der Waals surface area contributed by atoms with Crippen LogP contribution in [0.25, 0.3) is 0 Å². The Labute approximate surface area is 134 Å². The SMILES string of the molecule is O=CNC1CC[C@@H](c2ccc(Cl)c(Cl)c2)c2ccccc21. The molecule has 3 rings (SSSR count). The topological polar surface area (TPSA) is 29.1 Å². The molecule has 21 heavy (non-hydrogen) atoms. The van der Waals surface area contributed by atoms with Crippen molar-refractivity contribution in [1.82, 2.24) is 5.32 Å². The Hall–Kier alpha value is -1.51. The summed E-state index contributed by atoms with van der Waals surface area (Å²) < 4.78 is 0. The second kappa shape index (κ2) is 6.08. The lowest BCUT2D eigenvalue weighted by atomic mass is 9.77. The summed E-state index contributed by atoms with van der Waals surface area (Å²) in [7, 11) is 0. The molecule has 1 aliphatic carbocycles. The van der Waals surface area contributed by atoms with Crippen molar-refractivity contribution in [2.45, 2.75) is 24.8 Å². The summed E-state index contributed by atoms with van der Waals surface area (Å²) >= 11 is 12.2. The van der Waals surface area contributed by atoms with Crippen LogP contribution in [0.4, 0.5) is 0 Å². The number of hydrogen-bond donors (Lipinski definition) is 1. The summed E-state index contributed by atoms with van der Waals surface area (Å²) in [5, 5.41) is 4.06. The molecule has 2 aromatic rings. The number of nitrogens with one attached hydrogen (secondary N) is 1. The standard InChI is InChI=1S/C17H15Cl2NO/c18-15-7-5-11(9-16(15)19)12-6-8-17(20-10-21)14-4-2-1-3-13(12)14/h1-5,7,9-10,12,17H,6,8H2,(H,20,21)/t12-,17?/m0/s1. The highest BCUT2D eigenvalue weighted by Gasteiger charge is 2.27. The highest BCUT2D eigenvalue weighted by molar-refractivity contribution is 6.42. The first kappa shape index (κ1) is 14.4. The van der Waals surface area contributed by atoms with Gasteiger partial charge in [-0.25, -0.2) is 0 Å². The average Bonchev–Trinajstić information content (AvgIpc) is 2.51. The molecule has 0 saturated carbocycles. The van der Waals surface area contributed by atoms with E-state index in [1.165, 1.54) is 16.7 Å². The van der Waals surface area contributed by atoms with Crippen molar-refractivity contribution < 1.29 is 4.79 Å². The lowest BCUT2D eigenvalue weighted by molar-refractivity contribution is -0.110. The summed E-state index contributed by atoms with van der Waals surface area (Å²) in [5.41, 5.74) is 3.61. The second-order valence-electron chi connectivity index (χ2n) is 5.27. The van der Waals surface area contributed by atoms with Crippen LogP contribution < -0.4 is 5.32 Å². The van der Waals surface area contributed by atoms with Gasteiger partial charge in [0, 0.05) is 5.92 Å². The van der Waals surface area contributed by atoms with Crippen LogP contribution in [0.15, 0.2) is 42.5 Å². The highest BCUT2D eigenvalue weighted by atomic mass is 35.5. The molecule has 0 heterocycles. The van der Waals surface area contributed by atoms with Crippen molar-refractivity contribution >= 4 is 29.6 Å². The summed E-state index contributed by atoms with van der Waals surface area (Å²) in [6, 6.07) is 14.2. The summed E-state index contributed by atoms with van der Waals surface area (Å²) in [4.78, 5) is 10.8. The lowest BCUT2D eigenvalue weighted by Gasteiger charge is -2.31. The van der Waals surface area contributed by atoms with E-state index in [4.69, 9.17) is 23.2 Å². The van der Waals surface area contributed by atoms with E-state index in [-0.39, 0.29) is 6.04 Å². The lowest BCUT2D eigenvalue weighted by Crippen LogP contribution is -2.26. The molecular weight excluding hydrogens is 305 g/mol. The number of fused-ring (bicyclic) bond motifs is 1. The van der Waals surface area contributed by atoms with Gasteiger partial charge in [-0.1, -0.05) is 53.5 Å². The van der Waals surface area contributed by atoms with E-state index in [0.717, 1.165) is 19.3 Å². The molecule has 0 bridgehead atoms. The molecule has 108 valence electrons. The Morgan fingerprint density at radius 3 is 2.48 bits per heavy atom. The van der Waals surface area contributed by atoms with Gasteiger partial charge >= 0.3 is 0 Å². The molecule has 0 spiro atoms. The fourth-order valence-electron chi connectivity index (χ4n) is 3.12. The zero-order chi connectivity index (χ0) is 14.8. The maximum Gasteiger partial charge on any atom is 0.207 e. The molecule has 2 atom stereocenters. The van der Waals surface area contributed by atoms with E-state index < -0.39 is 0 Å². The predicted octanol–water partition coefficient (Wildman–Crippen LogP) is 4.71. The van der Waals surface area contributed by atoms with Crippen molar-refractivity contribution in [1.29, 1.82) is 0 Å². The fraction of sp³-hybridized carbons (Fsp3) is 0.235. The van der Waals surface area contributed by atoms with Crippen molar-refractivity contribution in [3.8, 4) is 0 Å². The Kier molecular flexibility index (Phi) is 4.18. The van der Waals surface area contributed by atoms with Gasteiger partial charge in [-0.3, -0.25) is 4.79 Å². The number of carbonyl (C=O) groups is 1. The first-order chi connectivity index (χ1) is 10.2. The van der Waals surface area contributed by atoms with Gasteiger partial charge in [-0.2, -0.15) is 0 Å². The monoisotopic (exact) mass is 319 g/mol. The van der Waals surface area contributed by atoms with Crippen molar-refractivity contribution in [2.24, 2.45) is 0 Å². The molecule has 1 amide bonds. The number of benzene rings is 2. The number of amides is 1. The van der Waals surface area contributed by atoms with Crippen LogP contribution in [0, 0.1) is 0 Å². The van der Waals surface area contributed by atoms with Gasteiger partial charge in [0.25, 0.3) is 0 Å². The van der Waals surface area contributed by atoms with Crippen molar-refractivity contribution in [3.05, 3.63) is 69.2 Å². The van der Waals surface area contributed by atoms with Crippen LogP contribution in [0.2, 0.25) is 10.0 Å². The Bertz CT molecular complexity index is 672. The molecule has 0 aromatic heterocycles. The minimum Gasteiger partial charge on any atom is -0.352 e. The number of halogens is 2. The number of hydrogen-bond acceptors (Lipinski definition) is 1. The van der Waals surface area contributed by atoms with Gasteiger partial charge in [0.05, 0.1) is 16.1 Å². The van der Waals surface area contributed by atoms with Crippen LogP contribution in [0.1, 0.15) is 41.5 Å². The zero-order valence-electron chi connectivity index (χ0n) is 11.4. The van der Waals surface area contributed by atoms with Crippen molar-refractivity contribution in [3.63, 3.8) is 0 Å². The predicted molar refractivity (Wildman–Crippen MR) is 85.9 cm³/mol. The largest absolute Gasteiger partial charge is 0.352 e. The van der Waals surface area contributed by atoms with Gasteiger partial charge in [-0.15, -0.1) is 0 Å². The van der Waals surface area contributed by atoms with Crippen LogP contribution in [0.5, 0.6) is 0 Å². The maximum absolute atomic E-state index is 10.8. The Balaban J connectivity index is 2.02. The molecule has 0 saturated heterocycles. The normalized spacial score (nSPS) is 20.7. The zero-order valence-corrected chi connectivity index (χ0v) is 12.9. The molecule has 1 N–H and O–H groups in total. The summed E-state index contributed by atoms with van der Waals surface area (Å²) in [6.07, 6.45) is 2.67. The molecule has 1 aliphatic rings. The van der Waals surface area contributed by atoms with Gasteiger partial charge in [0.15, 0.2) is 0 Å². The molecule has 2 aromatic carbocycles. The van der Waals surface area contributed by atoms with Gasteiger partial charge < -0.3 is 5.32 Å². The highest BCUT2D eigenvalue weighted by Crippen LogP contribution is 2.42. The Morgan fingerprint density at radius 2 is 1.76 bits per heavy atom. The van der Waals surface area contributed by atoms with Crippen LogP contribution in [0.3, 0.4) is 0 Å². The third-order valence-corrected chi connectivity index (χ3v) is 4.85. The number of carbonyl (C=O) groups excluding carboxylic acids is 1. The van der Waals surface area contributed by atoms with Crippen LogP contribution in [-0.2, 0) is 4.79 Å².